The number of halogens is 1. The largest absolute Gasteiger partial charge is 0.480 e. The second kappa shape index (κ2) is 6.09. The minimum Gasteiger partial charge on any atom is -0.480 e. The topological polar surface area (TPSA) is 77.9 Å². The standard InChI is InChI=1S/C16H21FN2O4S/c1-18-11-16(10-14(18)15(20)21)5-7-19(8-6-16)24(22,23)13-4-2-3-12(17)9-13/h2-4,9,14H,5-8,10-11H2,1H3,(H,20,21). The van der Waals surface area contributed by atoms with E-state index in [-0.39, 0.29) is 10.3 Å². The molecule has 2 heterocycles. The molecule has 0 radical (unpaired) electrons. The van der Waals surface area contributed by atoms with Crippen molar-refractivity contribution < 1.29 is 22.7 Å². The van der Waals surface area contributed by atoms with Crippen molar-refractivity contribution in [2.45, 2.75) is 30.2 Å². The van der Waals surface area contributed by atoms with Gasteiger partial charge < -0.3 is 5.11 Å². The van der Waals surface area contributed by atoms with Crippen molar-refractivity contribution in [1.82, 2.24) is 9.21 Å². The second-order valence-corrected chi connectivity index (χ2v) is 8.77. The van der Waals surface area contributed by atoms with Crippen LogP contribution in [0.4, 0.5) is 4.39 Å². The molecule has 0 aromatic heterocycles. The Labute approximate surface area is 140 Å². The molecule has 1 aromatic carbocycles. The zero-order valence-corrected chi connectivity index (χ0v) is 14.3. The average Bonchev–Trinajstić information content (AvgIpc) is 2.84. The predicted molar refractivity (Wildman–Crippen MR) is 85.5 cm³/mol. The van der Waals surface area contributed by atoms with E-state index in [9.17, 15) is 22.7 Å². The molecule has 1 atom stereocenters. The number of hydrogen-bond acceptors (Lipinski definition) is 4. The van der Waals surface area contributed by atoms with Gasteiger partial charge in [0.2, 0.25) is 10.0 Å². The number of carbonyl (C=O) groups is 1. The van der Waals surface area contributed by atoms with Crippen molar-refractivity contribution in [3.05, 3.63) is 30.1 Å². The summed E-state index contributed by atoms with van der Waals surface area (Å²) in [6.07, 6.45) is 1.79. The fourth-order valence-electron chi connectivity index (χ4n) is 3.89. The number of nitrogens with zero attached hydrogens (tertiary/aromatic N) is 2. The molecule has 1 unspecified atom stereocenters. The molecule has 0 bridgehead atoms. The van der Waals surface area contributed by atoms with Gasteiger partial charge in [0.05, 0.1) is 4.90 Å². The smallest absolute Gasteiger partial charge is 0.320 e. The summed E-state index contributed by atoms with van der Waals surface area (Å²) in [6, 6.07) is 4.52. The van der Waals surface area contributed by atoms with Crippen LogP contribution < -0.4 is 0 Å². The summed E-state index contributed by atoms with van der Waals surface area (Å²) in [6.45, 7) is 1.33. The number of hydrogen-bond donors (Lipinski definition) is 1. The highest BCUT2D eigenvalue weighted by molar-refractivity contribution is 7.89. The van der Waals surface area contributed by atoms with Crippen molar-refractivity contribution in [2.24, 2.45) is 5.41 Å². The van der Waals surface area contributed by atoms with E-state index in [0.29, 0.717) is 38.9 Å². The lowest BCUT2D eigenvalue weighted by molar-refractivity contribution is -0.141. The molecule has 2 fully saturated rings. The van der Waals surface area contributed by atoms with Crippen LogP contribution in [-0.4, -0.2) is 61.4 Å². The van der Waals surface area contributed by atoms with E-state index in [4.69, 9.17) is 0 Å². The van der Waals surface area contributed by atoms with E-state index < -0.39 is 27.9 Å². The lowest BCUT2D eigenvalue weighted by Crippen LogP contribution is -2.44. The van der Waals surface area contributed by atoms with Crippen LogP contribution >= 0.6 is 0 Å². The molecule has 2 saturated heterocycles. The van der Waals surface area contributed by atoms with E-state index in [0.717, 1.165) is 6.07 Å². The van der Waals surface area contributed by atoms with Crippen molar-refractivity contribution >= 4 is 16.0 Å². The molecule has 132 valence electrons. The van der Waals surface area contributed by atoms with Crippen molar-refractivity contribution in [1.29, 1.82) is 0 Å². The molecular weight excluding hydrogens is 335 g/mol. The van der Waals surface area contributed by atoms with Crippen LogP contribution in [0.15, 0.2) is 29.2 Å². The van der Waals surface area contributed by atoms with Crippen molar-refractivity contribution in [2.75, 3.05) is 26.7 Å². The molecule has 1 N–H and O–H groups in total. The second-order valence-electron chi connectivity index (χ2n) is 6.83. The summed E-state index contributed by atoms with van der Waals surface area (Å²) < 4.78 is 40.0. The summed E-state index contributed by atoms with van der Waals surface area (Å²) in [5.41, 5.74) is -0.147. The van der Waals surface area contributed by atoms with Gasteiger partial charge in [-0.2, -0.15) is 4.31 Å². The summed E-state index contributed by atoms with van der Waals surface area (Å²) >= 11 is 0. The quantitative estimate of drug-likeness (QED) is 0.885. The monoisotopic (exact) mass is 356 g/mol. The number of carboxylic acids is 1. The summed E-state index contributed by atoms with van der Waals surface area (Å²) in [5.74, 6) is -1.41. The molecule has 1 spiro atoms. The van der Waals surface area contributed by atoms with E-state index in [1.54, 1.807) is 7.05 Å². The summed E-state index contributed by atoms with van der Waals surface area (Å²) in [4.78, 5) is 13.1. The Kier molecular flexibility index (Phi) is 4.39. The van der Waals surface area contributed by atoms with Crippen LogP contribution in [0.5, 0.6) is 0 Å². The van der Waals surface area contributed by atoms with Gasteiger partial charge in [-0.05, 0) is 49.9 Å². The first-order chi connectivity index (χ1) is 11.2. The first kappa shape index (κ1) is 17.3. The van der Waals surface area contributed by atoms with Gasteiger partial charge in [-0.15, -0.1) is 0 Å². The first-order valence-corrected chi connectivity index (χ1v) is 9.36. The van der Waals surface area contributed by atoms with E-state index in [1.165, 1.54) is 22.5 Å². The van der Waals surface area contributed by atoms with Gasteiger partial charge in [0.1, 0.15) is 11.9 Å². The van der Waals surface area contributed by atoms with Gasteiger partial charge in [0, 0.05) is 19.6 Å². The number of benzene rings is 1. The minimum absolute atomic E-state index is 0.0367. The molecule has 2 aliphatic heterocycles. The molecule has 2 aliphatic rings. The van der Waals surface area contributed by atoms with Crippen LogP contribution in [-0.2, 0) is 14.8 Å². The molecule has 1 aromatic rings. The third-order valence-corrected chi connectivity index (χ3v) is 7.14. The first-order valence-electron chi connectivity index (χ1n) is 7.92. The van der Waals surface area contributed by atoms with Gasteiger partial charge >= 0.3 is 5.97 Å². The van der Waals surface area contributed by atoms with E-state index in [1.807, 2.05) is 4.90 Å². The number of aliphatic carboxylic acids is 1. The van der Waals surface area contributed by atoms with Crippen LogP contribution in [0, 0.1) is 11.2 Å². The Morgan fingerprint density at radius 2 is 2.00 bits per heavy atom. The molecule has 3 rings (SSSR count). The Bertz CT molecular complexity index is 744. The third kappa shape index (κ3) is 3.05. The van der Waals surface area contributed by atoms with Gasteiger partial charge in [-0.25, -0.2) is 12.8 Å². The lowest BCUT2D eigenvalue weighted by atomic mass is 9.77. The lowest BCUT2D eigenvalue weighted by Gasteiger charge is -2.38. The summed E-state index contributed by atoms with van der Waals surface area (Å²) in [5, 5.41) is 9.27. The Balaban J connectivity index is 1.73. The number of piperidine rings is 1. The molecule has 0 saturated carbocycles. The van der Waals surface area contributed by atoms with Gasteiger partial charge in [-0.1, -0.05) is 6.07 Å². The van der Waals surface area contributed by atoms with Crippen LogP contribution in [0.3, 0.4) is 0 Å². The highest BCUT2D eigenvalue weighted by Gasteiger charge is 2.48. The minimum atomic E-state index is -3.71. The fourth-order valence-corrected chi connectivity index (χ4v) is 5.36. The number of rotatable bonds is 3. The van der Waals surface area contributed by atoms with Crippen LogP contribution in [0.25, 0.3) is 0 Å². The Morgan fingerprint density at radius 1 is 1.33 bits per heavy atom. The number of sulfonamides is 1. The molecule has 8 heteroatoms. The maximum absolute atomic E-state index is 13.3. The van der Waals surface area contributed by atoms with Crippen LogP contribution in [0.1, 0.15) is 19.3 Å². The fraction of sp³-hybridized carbons (Fsp3) is 0.562. The molecule has 6 nitrogen and oxygen atoms in total. The van der Waals surface area contributed by atoms with Crippen molar-refractivity contribution in [3.8, 4) is 0 Å². The van der Waals surface area contributed by atoms with Crippen molar-refractivity contribution in [3.63, 3.8) is 0 Å². The average molecular weight is 356 g/mol. The SMILES string of the molecule is CN1CC2(CCN(S(=O)(=O)c3cccc(F)c3)CC2)CC1C(=O)O. The van der Waals surface area contributed by atoms with Gasteiger partial charge in [-0.3, -0.25) is 9.69 Å². The van der Waals surface area contributed by atoms with Crippen LogP contribution in [0.2, 0.25) is 0 Å². The third-order valence-electron chi connectivity index (χ3n) is 5.25. The number of likely N-dealkylation sites (N-methyl/N-ethyl adjacent to an activating group) is 1. The summed E-state index contributed by atoms with van der Waals surface area (Å²) in [7, 11) is -1.92. The molecular formula is C16H21FN2O4S. The Hall–Kier alpha value is -1.51. The molecule has 0 aliphatic carbocycles. The zero-order chi connectivity index (χ0) is 17.5. The Morgan fingerprint density at radius 3 is 2.54 bits per heavy atom. The normalized spacial score (nSPS) is 25.2. The van der Waals surface area contributed by atoms with E-state index in [2.05, 4.69) is 0 Å². The highest BCUT2D eigenvalue weighted by Crippen LogP contribution is 2.43. The number of carboxylic acid groups (broad SMARTS) is 1. The maximum atomic E-state index is 13.3. The molecule has 24 heavy (non-hydrogen) atoms. The molecule has 0 amide bonds. The highest BCUT2D eigenvalue weighted by atomic mass is 32.2. The van der Waals surface area contributed by atoms with Gasteiger partial charge in [0.25, 0.3) is 0 Å². The zero-order valence-electron chi connectivity index (χ0n) is 13.5. The predicted octanol–water partition coefficient (Wildman–Crippen LogP) is 1.39. The van der Waals surface area contributed by atoms with E-state index >= 15 is 0 Å². The van der Waals surface area contributed by atoms with Gasteiger partial charge in [0.15, 0.2) is 0 Å². The number of likely N-dealkylation sites (tertiary alicyclic amines) is 1. The maximum Gasteiger partial charge on any atom is 0.320 e.